The minimum atomic E-state index is -0.620. The van der Waals surface area contributed by atoms with Crippen molar-refractivity contribution in [3.63, 3.8) is 0 Å². The molecule has 1 aliphatic rings. The van der Waals surface area contributed by atoms with E-state index in [0.717, 1.165) is 19.0 Å². The van der Waals surface area contributed by atoms with E-state index in [4.69, 9.17) is 4.74 Å². The van der Waals surface area contributed by atoms with E-state index in [1.165, 1.54) is 6.07 Å². The third-order valence-electron chi connectivity index (χ3n) is 2.45. The lowest BCUT2D eigenvalue weighted by Gasteiger charge is -2.10. The lowest BCUT2D eigenvalue weighted by atomic mass is 10.1. The van der Waals surface area contributed by atoms with Crippen LogP contribution in [0.2, 0.25) is 0 Å². The van der Waals surface area contributed by atoms with Crippen LogP contribution in [-0.2, 0) is 0 Å². The van der Waals surface area contributed by atoms with Crippen molar-refractivity contribution in [2.45, 2.75) is 19.4 Å². The Morgan fingerprint density at radius 3 is 3.00 bits per heavy atom. The minimum absolute atomic E-state index is 0.0925. The first-order valence-electron chi connectivity index (χ1n) is 5.07. The van der Waals surface area contributed by atoms with Crippen LogP contribution in [0.4, 0.5) is 8.78 Å². The highest BCUT2D eigenvalue weighted by Gasteiger charge is 2.27. The molecule has 1 heterocycles. The predicted molar refractivity (Wildman–Crippen MR) is 52.9 cm³/mol. The van der Waals surface area contributed by atoms with E-state index in [-0.39, 0.29) is 11.8 Å². The van der Waals surface area contributed by atoms with Crippen molar-refractivity contribution in [1.82, 2.24) is 5.32 Å². The molecule has 1 aromatic carbocycles. The van der Waals surface area contributed by atoms with Gasteiger partial charge < -0.3 is 10.1 Å². The van der Waals surface area contributed by atoms with Gasteiger partial charge in [0.25, 0.3) is 0 Å². The van der Waals surface area contributed by atoms with E-state index in [1.54, 1.807) is 0 Å². The molecule has 0 spiro atoms. The second kappa shape index (κ2) is 4.14. The number of hydrogen-bond acceptors (Lipinski definition) is 2. The van der Waals surface area contributed by atoms with Crippen LogP contribution >= 0.6 is 0 Å². The summed E-state index contributed by atoms with van der Waals surface area (Å²) in [6, 6.07) is 2.09. The van der Waals surface area contributed by atoms with E-state index in [0.29, 0.717) is 12.2 Å². The van der Waals surface area contributed by atoms with Crippen molar-refractivity contribution in [3.05, 3.63) is 29.3 Å². The molecule has 2 rings (SSSR count). The number of fused-ring (bicyclic) bond motifs is 1. The molecule has 2 nitrogen and oxygen atoms in total. The quantitative estimate of drug-likeness (QED) is 0.832. The average molecular weight is 213 g/mol. The fourth-order valence-corrected chi connectivity index (χ4v) is 1.74. The molecule has 0 saturated carbocycles. The Balaban J connectivity index is 2.25. The molecule has 1 atom stereocenters. The van der Waals surface area contributed by atoms with E-state index in [2.05, 4.69) is 5.32 Å². The maximum absolute atomic E-state index is 13.3. The van der Waals surface area contributed by atoms with Gasteiger partial charge in [-0.3, -0.25) is 0 Å². The van der Waals surface area contributed by atoms with Crippen LogP contribution in [0.25, 0.3) is 0 Å². The monoisotopic (exact) mass is 213 g/mol. The van der Waals surface area contributed by atoms with Gasteiger partial charge in [0.1, 0.15) is 12.4 Å². The average Bonchev–Trinajstić information content (AvgIpc) is 2.58. The Labute approximate surface area is 87.2 Å². The Hall–Kier alpha value is -1.16. The lowest BCUT2D eigenvalue weighted by molar-refractivity contribution is 0.300. The van der Waals surface area contributed by atoms with Gasteiger partial charge in [-0.1, -0.05) is 6.92 Å². The summed E-state index contributed by atoms with van der Waals surface area (Å²) >= 11 is 0. The summed E-state index contributed by atoms with van der Waals surface area (Å²) in [6.07, 6.45) is 0.976. The largest absolute Gasteiger partial charge is 0.488 e. The summed E-state index contributed by atoms with van der Waals surface area (Å²) < 4.78 is 31.4. The van der Waals surface area contributed by atoms with Crippen LogP contribution in [0.3, 0.4) is 0 Å². The topological polar surface area (TPSA) is 21.3 Å². The Bertz CT molecular complexity index is 368. The van der Waals surface area contributed by atoms with E-state index in [1.807, 2.05) is 6.92 Å². The number of rotatable bonds is 3. The molecule has 0 saturated heterocycles. The summed E-state index contributed by atoms with van der Waals surface area (Å²) in [5.74, 6) is -0.990. The van der Waals surface area contributed by atoms with Crippen molar-refractivity contribution in [1.29, 1.82) is 0 Å². The van der Waals surface area contributed by atoms with Crippen LogP contribution in [0.5, 0.6) is 5.75 Å². The minimum Gasteiger partial charge on any atom is -0.488 e. The molecule has 15 heavy (non-hydrogen) atoms. The molecule has 1 unspecified atom stereocenters. The predicted octanol–water partition coefficient (Wildman–Crippen LogP) is 2.40. The SMILES string of the molecule is CCCNC1COc2c(F)cc(F)cc21. The highest BCUT2D eigenvalue weighted by Crippen LogP contribution is 2.35. The maximum Gasteiger partial charge on any atom is 0.168 e. The van der Waals surface area contributed by atoms with Crippen molar-refractivity contribution in [3.8, 4) is 5.75 Å². The normalized spacial score (nSPS) is 18.7. The van der Waals surface area contributed by atoms with Crippen molar-refractivity contribution >= 4 is 0 Å². The summed E-state index contributed by atoms with van der Waals surface area (Å²) in [5, 5.41) is 3.18. The van der Waals surface area contributed by atoms with Gasteiger partial charge in [-0.25, -0.2) is 8.78 Å². The molecular weight excluding hydrogens is 200 g/mol. The fraction of sp³-hybridized carbons (Fsp3) is 0.455. The smallest absolute Gasteiger partial charge is 0.168 e. The zero-order chi connectivity index (χ0) is 10.8. The number of benzene rings is 1. The third-order valence-corrected chi connectivity index (χ3v) is 2.45. The van der Waals surface area contributed by atoms with Gasteiger partial charge in [-0.2, -0.15) is 0 Å². The second-order valence-corrected chi connectivity index (χ2v) is 3.62. The van der Waals surface area contributed by atoms with Gasteiger partial charge in [-0.15, -0.1) is 0 Å². The Morgan fingerprint density at radius 2 is 2.27 bits per heavy atom. The molecule has 0 aliphatic carbocycles. The molecule has 0 amide bonds. The van der Waals surface area contributed by atoms with Crippen LogP contribution in [-0.4, -0.2) is 13.2 Å². The zero-order valence-corrected chi connectivity index (χ0v) is 8.52. The molecule has 0 aromatic heterocycles. The molecule has 0 radical (unpaired) electrons. The molecule has 1 aromatic rings. The Kier molecular flexibility index (Phi) is 2.86. The second-order valence-electron chi connectivity index (χ2n) is 3.62. The maximum atomic E-state index is 13.3. The first kappa shape index (κ1) is 10.4. The lowest BCUT2D eigenvalue weighted by Crippen LogP contribution is -2.23. The first-order chi connectivity index (χ1) is 7.22. The van der Waals surface area contributed by atoms with Crippen LogP contribution < -0.4 is 10.1 Å². The zero-order valence-electron chi connectivity index (χ0n) is 8.52. The van der Waals surface area contributed by atoms with Gasteiger partial charge in [-0.05, 0) is 19.0 Å². The highest BCUT2D eigenvalue weighted by atomic mass is 19.1. The van der Waals surface area contributed by atoms with Crippen molar-refractivity contribution < 1.29 is 13.5 Å². The van der Waals surface area contributed by atoms with Crippen molar-refractivity contribution in [2.24, 2.45) is 0 Å². The Morgan fingerprint density at radius 1 is 1.47 bits per heavy atom. The molecule has 0 fully saturated rings. The highest BCUT2D eigenvalue weighted by molar-refractivity contribution is 5.41. The number of nitrogens with one attached hydrogen (secondary N) is 1. The third kappa shape index (κ3) is 1.95. The van der Waals surface area contributed by atoms with Gasteiger partial charge in [0, 0.05) is 11.6 Å². The summed E-state index contributed by atoms with van der Waals surface area (Å²) in [7, 11) is 0. The molecule has 4 heteroatoms. The molecule has 82 valence electrons. The molecule has 1 N–H and O–H groups in total. The fourth-order valence-electron chi connectivity index (χ4n) is 1.74. The van der Waals surface area contributed by atoms with Crippen LogP contribution in [0.15, 0.2) is 12.1 Å². The first-order valence-corrected chi connectivity index (χ1v) is 5.07. The standard InChI is InChI=1S/C11H13F2NO/c1-2-3-14-10-6-15-11-8(10)4-7(12)5-9(11)13/h4-5,10,14H,2-3,6H2,1H3. The van der Waals surface area contributed by atoms with E-state index < -0.39 is 11.6 Å². The molecular formula is C11H13F2NO. The molecule has 1 aliphatic heterocycles. The summed E-state index contributed by atoms with van der Waals surface area (Å²) in [4.78, 5) is 0. The van der Waals surface area contributed by atoms with Gasteiger partial charge in [0.2, 0.25) is 0 Å². The number of halogens is 2. The van der Waals surface area contributed by atoms with Gasteiger partial charge in [0.15, 0.2) is 11.6 Å². The van der Waals surface area contributed by atoms with E-state index >= 15 is 0 Å². The summed E-state index contributed by atoms with van der Waals surface area (Å²) in [6.45, 7) is 3.22. The number of hydrogen-bond donors (Lipinski definition) is 1. The van der Waals surface area contributed by atoms with Crippen LogP contribution in [0.1, 0.15) is 24.9 Å². The van der Waals surface area contributed by atoms with Crippen LogP contribution in [0, 0.1) is 11.6 Å². The van der Waals surface area contributed by atoms with Crippen molar-refractivity contribution in [2.75, 3.05) is 13.2 Å². The van der Waals surface area contributed by atoms with Gasteiger partial charge >= 0.3 is 0 Å². The molecule has 0 bridgehead atoms. The van der Waals surface area contributed by atoms with E-state index in [9.17, 15) is 8.78 Å². The summed E-state index contributed by atoms with van der Waals surface area (Å²) in [5.41, 5.74) is 0.584. The van der Waals surface area contributed by atoms with Gasteiger partial charge in [0.05, 0.1) is 6.04 Å². The number of ether oxygens (including phenoxy) is 1.